The number of esters is 1. The molecule has 1 aromatic carbocycles. The number of hydrogen-bond donors (Lipinski definition) is 0. The van der Waals surface area contributed by atoms with E-state index in [2.05, 4.69) is 26.0 Å². The molecule has 0 saturated heterocycles. The summed E-state index contributed by atoms with van der Waals surface area (Å²) in [6, 6.07) is 7.45. The third-order valence-electron chi connectivity index (χ3n) is 2.75. The summed E-state index contributed by atoms with van der Waals surface area (Å²) in [5.41, 5.74) is 1.82. The molecule has 2 heterocycles. The van der Waals surface area contributed by atoms with Gasteiger partial charge in [-0.2, -0.15) is 5.10 Å². The van der Waals surface area contributed by atoms with E-state index in [1.54, 1.807) is 23.2 Å². The predicted octanol–water partition coefficient (Wildman–Crippen LogP) is 2.53. The molecule has 1 aliphatic rings. The molecule has 2 aromatic rings. The van der Waals surface area contributed by atoms with E-state index in [4.69, 9.17) is 4.74 Å². The smallest absolute Gasteiger partial charge is 0.363 e. The number of carbonyl (C=O) groups excluding carboxylic acids is 1. The summed E-state index contributed by atoms with van der Waals surface area (Å²) in [6.45, 7) is 0. The normalized spacial score (nSPS) is 16.4. The van der Waals surface area contributed by atoms with Crippen LogP contribution in [0.15, 0.2) is 51.8 Å². The van der Waals surface area contributed by atoms with Gasteiger partial charge in [-0.25, -0.2) is 9.79 Å². The van der Waals surface area contributed by atoms with Gasteiger partial charge in [0.05, 0.1) is 11.8 Å². The molecule has 0 amide bonds. The summed E-state index contributed by atoms with van der Waals surface area (Å²) in [5.74, 6) is -0.155. The molecular weight excluding hydrogens is 322 g/mol. The van der Waals surface area contributed by atoms with Gasteiger partial charge < -0.3 is 4.74 Å². The Hall–Kier alpha value is -2.21. The van der Waals surface area contributed by atoms with Crippen LogP contribution in [0.5, 0.6) is 0 Å². The van der Waals surface area contributed by atoms with Crippen molar-refractivity contribution in [3.05, 3.63) is 58.0 Å². The topological polar surface area (TPSA) is 56.5 Å². The highest BCUT2D eigenvalue weighted by Gasteiger charge is 2.25. The summed E-state index contributed by atoms with van der Waals surface area (Å²) in [5, 5.41) is 4.04. The number of ether oxygens (including phenoxy) is 1. The molecule has 6 heteroatoms. The maximum atomic E-state index is 11.8. The van der Waals surface area contributed by atoms with Crippen molar-refractivity contribution in [2.45, 2.75) is 0 Å². The van der Waals surface area contributed by atoms with Crippen molar-refractivity contribution in [2.75, 3.05) is 0 Å². The van der Waals surface area contributed by atoms with Crippen molar-refractivity contribution in [1.82, 2.24) is 9.78 Å². The fraction of sp³-hybridized carbons (Fsp3) is 0.0714. The van der Waals surface area contributed by atoms with Gasteiger partial charge in [0, 0.05) is 23.3 Å². The van der Waals surface area contributed by atoms with Crippen molar-refractivity contribution in [3.63, 3.8) is 0 Å². The van der Waals surface area contributed by atoms with E-state index in [9.17, 15) is 4.79 Å². The summed E-state index contributed by atoms with van der Waals surface area (Å²) >= 11 is 3.41. The van der Waals surface area contributed by atoms with Crippen molar-refractivity contribution >= 4 is 33.9 Å². The number of hydrogen-bond acceptors (Lipinski definition) is 4. The van der Waals surface area contributed by atoms with Gasteiger partial charge in [-0.3, -0.25) is 4.68 Å². The van der Waals surface area contributed by atoms with E-state index in [-0.39, 0.29) is 5.70 Å². The number of halogens is 1. The van der Waals surface area contributed by atoms with E-state index in [1.165, 1.54) is 0 Å². The van der Waals surface area contributed by atoms with E-state index in [1.807, 2.05) is 31.3 Å². The molecule has 0 bridgehead atoms. The first kappa shape index (κ1) is 12.8. The van der Waals surface area contributed by atoms with Crippen molar-refractivity contribution < 1.29 is 9.53 Å². The Kier molecular flexibility index (Phi) is 3.23. The van der Waals surface area contributed by atoms with Gasteiger partial charge in [-0.15, -0.1) is 0 Å². The molecule has 1 aromatic heterocycles. The average Bonchev–Trinajstić information content (AvgIpc) is 2.98. The van der Waals surface area contributed by atoms with E-state index < -0.39 is 5.97 Å². The quantitative estimate of drug-likeness (QED) is 0.627. The number of aliphatic imine (C=N–C) groups is 1. The fourth-order valence-electron chi connectivity index (χ4n) is 1.83. The second-order valence-electron chi connectivity index (χ2n) is 4.26. The lowest BCUT2D eigenvalue weighted by atomic mass is 10.2. The van der Waals surface area contributed by atoms with Crippen LogP contribution in [0.25, 0.3) is 6.08 Å². The minimum Gasteiger partial charge on any atom is -0.402 e. The maximum absolute atomic E-state index is 11.8. The zero-order valence-corrected chi connectivity index (χ0v) is 12.2. The van der Waals surface area contributed by atoms with Crippen LogP contribution in [0.3, 0.4) is 0 Å². The van der Waals surface area contributed by atoms with E-state index in [0.717, 1.165) is 15.6 Å². The highest BCUT2D eigenvalue weighted by Crippen LogP contribution is 2.23. The van der Waals surface area contributed by atoms with Crippen LogP contribution in [-0.2, 0) is 16.6 Å². The number of benzene rings is 1. The first-order chi connectivity index (χ1) is 9.63. The number of carbonyl (C=O) groups is 1. The van der Waals surface area contributed by atoms with Gasteiger partial charge in [0.15, 0.2) is 5.70 Å². The molecule has 3 rings (SSSR count). The Bertz CT molecular complexity index is 746. The predicted molar refractivity (Wildman–Crippen MR) is 78.0 cm³/mol. The van der Waals surface area contributed by atoms with E-state index >= 15 is 0 Å². The minimum atomic E-state index is -0.459. The Morgan fingerprint density at radius 1 is 1.35 bits per heavy atom. The highest BCUT2D eigenvalue weighted by molar-refractivity contribution is 9.10. The largest absolute Gasteiger partial charge is 0.402 e. The summed E-state index contributed by atoms with van der Waals surface area (Å²) in [7, 11) is 1.81. The standard InChI is InChI=1S/C14H10BrN3O2/c1-18-8-9(7-16-18)6-12-14(19)20-13(17-12)10-4-2-3-5-11(10)15/h2-8H,1H3/b12-6-. The summed E-state index contributed by atoms with van der Waals surface area (Å²) in [6.07, 6.45) is 5.11. The van der Waals surface area contributed by atoms with Crippen molar-refractivity contribution in [2.24, 2.45) is 12.0 Å². The molecule has 0 unspecified atom stereocenters. The van der Waals surface area contributed by atoms with Crippen molar-refractivity contribution in [1.29, 1.82) is 0 Å². The SMILES string of the molecule is Cn1cc(/C=C2\N=C(c3ccccc3Br)OC2=O)cn1. The lowest BCUT2D eigenvalue weighted by molar-refractivity contribution is -0.129. The first-order valence-corrected chi connectivity index (χ1v) is 6.69. The zero-order chi connectivity index (χ0) is 14.1. The summed E-state index contributed by atoms with van der Waals surface area (Å²) < 4.78 is 7.69. The third-order valence-corrected chi connectivity index (χ3v) is 3.44. The first-order valence-electron chi connectivity index (χ1n) is 5.89. The van der Waals surface area contributed by atoms with Crippen LogP contribution in [0.1, 0.15) is 11.1 Å². The lowest BCUT2D eigenvalue weighted by Gasteiger charge is -2.01. The minimum absolute atomic E-state index is 0.267. The number of nitrogens with zero attached hydrogens (tertiary/aromatic N) is 3. The van der Waals surface area contributed by atoms with E-state index in [0.29, 0.717) is 5.90 Å². The third kappa shape index (κ3) is 2.42. The van der Waals surface area contributed by atoms with Crippen molar-refractivity contribution in [3.8, 4) is 0 Å². The average molecular weight is 332 g/mol. The Labute approximate surface area is 123 Å². The molecule has 0 saturated carbocycles. The summed E-state index contributed by atoms with van der Waals surface area (Å²) in [4.78, 5) is 16.1. The Balaban J connectivity index is 1.97. The lowest BCUT2D eigenvalue weighted by Crippen LogP contribution is -2.05. The zero-order valence-electron chi connectivity index (χ0n) is 10.6. The molecule has 0 radical (unpaired) electrons. The number of cyclic esters (lactones) is 1. The molecule has 0 aliphatic carbocycles. The molecule has 0 N–H and O–H groups in total. The second-order valence-corrected chi connectivity index (χ2v) is 5.12. The second kappa shape index (κ2) is 5.05. The highest BCUT2D eigenvalue weighted by atomic mass is 79.9. The van der Waals surface area contributed by atoms with Gasteiger partial charge in [0.2, 0.25) is 5.90 Å². The fourth-order valence-corrected chi connectivity index (χ4v) is 2.29. The van der Waals surface area contributed by atoms with Crippen LogP contribution in [0, 0.1) is 0 Å². The maximum Gasteiger partial charge on any atom is 0.363 e. The molecule has 0 fully saturated rings. The van der Waals surface area contributed by atoms with Crippen LogP contribution in [0.4, 0.5) is 0 Å². The molecule has 5 nitrogen and oxygen atoms in total. The van der Waals surface area contributed by atoms with Gasteiger partial charge in [0.25, 0.3) is 0 Å². The van der Waals surface area contributed by atoms with Gasteiger partial charge >= 0.3 is 5.97 Å². The molecule has 100 valence electrons. The van der Waals surface area contributed by atoms with Crippen LogP contribution < -0.4 is 0 Å². The molecule has 0 spiro atoms. The molecule has 0 atom stereocenters. The molecular formula is C14H10BrN3O2. The van der Waals surface area contributed by atoms with Gasteiger partial charge in [0.1, 0.15) is 0 Å². The Morgan fingerprint density at radius 2 is 2.15 bits per heavy atom. The number of rotatable bonds is 2. The van der Waals surface area contributed by atoms with Crippen LogP contribution in [0.2, 0.25) is 0 Å². The monoisotopic (exact) mass is 331 g/mol. The number of aromatic nitrogens is 2. The number of aryl methyl sites for hydroxylation is 1. The Morgan fingerprint density at radius 3 is 2.85 bits per heavy atom. The molecule has 20 heavy (non-hydrogen) atoms. The van der Waals surface area contributed by atoms with Gasteiger partial charge in [-0.05, 0) is 34.1 Å². The van der Waals surface area contributed by atoms with Crippen LogP contribution in [-0.4, -0.2) is 21.6 Å². The van der Waals surface area contributed by atoms with Crippen LogP contribution >= 0.6 is 15.9 Å². The molecule has 1 aliphatic heterocycles. The van der Waals surface area contributed by atoms with Gasteiger partial charge in [-0.1, -0.05) is 12.1 Å².